The van der Waals surface area contributed by atoms with E-state index in [0.29, 0.717) is 42.4 Å². The Balaban J connectivity index is 1.42. The third-order valence-electron chi connectivity index (χ3n) is 6.15. The molecule has 0 radical (unpaired) electrons. The van der Waals surface area contributed by atoms with Crippen molar-refractivity contribution in [2.45, 2.75) is 43.4 Å². The maximum absolute atomic E-state index is 12.7. The molecule has 8 heteroatoms. The normalized spacial score (nSPS) is 26.3. The summed E-state index contributed by atoms with van der Waals surface area (Å²) in [5.74, 6) is 1.83. The molecular weight excluding hydrogens is 372 g/mol. The zero-order valence-electron chi connectivity index (χ0n) is 17.1. The van der Waals surface area contributed by atoms with Gasteiger partial charge in [-0.25, -0.2) is 4.98 Å². The monoisotopic (exact) mass is 400 g/mol. The number of hydrogen-bond acceptors (Lipinski definition) is 6. The van der Waals surface area contributed by atoms with Gasteiger partial charge in [-0.15, -0.1) is 0 Å². The molecule has 156 valence electrons. The molecular formula is C21H28N4O4. The summed E-state index contributed by atoms with van der Waals surface area (Å²) in [5, 5.41) is 14.2. The number of nitrogens with one attached hydrogen (secondary N) is 1. The van der Waals surface area contributed by atoms with Gasteiger partial charge in [-0.1, -0.05) is 0 Å². The van der Waals surface area contributed by atoms with Crippen LogP contribution in [0.25, 0.3) is 0 Å². The molecule has 2 saturated heterocycles. The van der Waals surface area contributed by atoms with Crippen molar-refractivity contribution in [1.29, 1.82) is 0 Å². The van der Waals surface area contributed by atoms with Crippen molar-refractivity contribution in [3.8, 4) is 11.5 Å². The van der Waals surface area contributed by atoms with E-state index in [1.807, 2.05) is 17.8 Å². The summed E-state index contributed by atoms with van der Waals surface area (Å²) in [6.07, 6.45) is 6.74. The molecule has 1 amide bonds. The van der Waals surface area contributed by atoms with Crippen molar-refractivity contribution in [1.82, 2.24) is 14.5 Å². The number of piperidine rings is 1. The van der Waals surface area contributed by atoms with E-state index in [1.54, 1.807) is 38.6 Å². The molecule has 4 rings (SSSR count). The Morgan fingerprint density at radius 2 is 1.93 bits per heavy atom. The third-order valence-corrected chi connectivity index (χ3v) is 6.15. The van der Waals surface area contributed by atoms with Gasteiger partial charge in [0, 0.05) is 43.3 Å². The highest BCUT2D eigenvalue weighted by atomic mass is 16.5. The first-order chi connectivity index (χ1) is 13.9. The highest BCUT2D eigenvalue weighted by Gasteiger charge is 2.50. The Morgan fingerprint density at radius 3 is 2.52 bits per heavy atom. The maximum Gasteiger partial charge on any atom is 0.238 e. The lowest BCUT2D eigenvalue weighted by molar-refractivity contribution is -0.121. The van der Waals surface area contributed by atoms with E-state index in [2.05, 4.69) is 15.2 Å². The van der Waals surface area contributed by atoms with Crippen LogP contribution in [0, 0.1) is 0 Å². The summed E-state index contributed by atoms with van der Waals surface area (Å²) in [4.78, 5) is 19.3. The van der Waals surface area contributed by atoms with Crippen molar-refractivity contribution in [2.24, 2.45) is 7.05 Å². The van der Waals surface area contributed by atoms with Crippen molar-refractivity contribution in [3.05, 3.63) is 36.4 Å². The Labute approximate surface area is 170 Å². The first-order valence-corrected chi connectivity index (χ1v) is 9.91. The van der Waals surface area contributed by atoms with Crippen LogP contribution in [-0.4, -0.2) is 58.3 Å². The zero-order valence-corrected chi connectivity index (χ0v) is 17.1. The molecule has 2 N–H and O–H groups in total. The van der Waals surface area contributed by atoms with Crippen LogP contribution in [0.15, 0.2) is 30.6 Å². The Kier molecular flexibility index (Phi) is 5.23. The second-order valence-corrected chi connectivity index (χ2v) is 7.98. The number of aromatic nitrogens is 2. The number of hydrogen-bond donors (Lipinski definition) is 2. The lowest BCUT2D eigenvalue weighted by atomic mass is 9.85. The molecule has 2 fully saturated rings. The van der Waals surface area contributed by atoms with Crippen LogP contribution >= 0.6 is 0 Å². The number of anilines is 1. The van der Waals surface area contributed by atoms with Crippen molar-refractivity contribution in [3.63, 3.8) is 0 Å². The summed E-state index contributed by atoms with van der Waals surface area (Å²) in [6.45, 7) is 0.306. The Bertz CT molecular complexity index is 883. The van der Waals surface area contributed by atoms with E-state index in [9.17, 15) is 9.90 Å². The quantitative estimate of drug-likeness (QED) is 0.770. The number of benzene rings is 1. The number of imidazole rings is 1. The van der Waals surface area contributed by atoms with Crippen LogP contribution in [0.2, 0.25) is 0 Å². The first kappa shape index (κ1) is 19.7. The number of ether oxygens (including phenoxy) is 2. The van der Waals surface area contributed by atoms with Gasteiger partial charge in [-0.3, -0.25) is 9.69 Å². The van der Waals surface area contributed by atoms with Crippen molar-refractivity contribution >= 4 is 11.6 Å². The van der Waals surface area contributed by atoms with E-state index in [0.717, 1.165) is 12.8 Å². The summed E-state index contributed by atoms with van der Waals surface area (Å²) in [7, 11) is 5.05. The maximum atomic E-state index is 12.7. The first-order valence-electron chi connectivity index (χ1n) is 9.91. The number of carbonyl (C=O) groups excluding carboxylic acids is 1. The van der Waals surface area contributed by atoms with Gasteiger partial charge in [0.1, 0.15) is 11.4 Å². The molecule has 8 nitrogen and oxygen atoms in total. The molecule has 2 aromatic rings. The summed E-state index contributed by atoms with van der Waals surface area (Å²) in [6, 6.07) is 5.66. The number of carbonyl (C=O) groups is 1. The molecule has 3 atom stereocenters. The van der Waals surface area contributed by atoms with Crippen LogP contribution in [0.1, 0.15) is 31.5 Å². The topological polar surface area (TPSA) is 88.9 Å². The number of aliphatic hydroxyl groups is 1. The Hall–Kier alpha value is -2.58. The van der Waals surface area contributed by atoms with Gasteiger partial charge in [0.15, 0.2) is 11.5 Å². The van der Waals surface area contributed by atoms with Gasteiger partial charge in [-0.2, -0.15) is 0 Å². The number of nitrogens with zero attached hydrogens (tertiary/aromatic N) is 3. The molecule has 2 aliphatic heterocycles. The molecule has 0 spiro atoms. The average Bonchev–Trinajstić information content (AvgIpc) is 3.23. The number of aryl methyl sites for hydroxylation is 1. The van der Waals surface area contributed by atoms with Crippen LogP contribution in [0.3, 0.4) is 0 Å². The van der Waals surface area contributed by atoms with Gasteiger partial charge in [0.05, 0.1) is 20.8 Å². The molecule has 1 unspecified atom stereocenters. The summed E-state index contributed by atoms with van der Waals surface area (Å²) < 4.78 is 12.4. The predicted octanol–water partition coefficient (Wildman–Crippen LogP) is 1.89. The number of rotatable bonds is 6. The fourth-order valence-electron chi connectivity index (χ4n) is 4.85. The van der Waals surface area contributed by atoms with E-state index in [-0.39, 0.29) is 18.0 Å². The molecule has 0 aliphatic carbocycles. The third kappa shape index (κ3) is 3.70. The SMILES string of the molecule is COc1ccc(NC(=O)CN2[C@@H]3CC[C@H]2CC(O)(c2nccn2C)C3)cc1OC. The molecule has 1 aromatic heterocycles. The van der Waals surface area contributed by atoms with Crippen molar-refractivity contribution in [2.75, 3.05) is 26.1 Å². The van der Waals surface area contributed by atoms with Gasteiger partial charge < -0.3 is 24.5 Å². The summed E-state index contributed by atoms with van der Waals surface area (Å²) >= 11 is 0. The highest BCUT2D eigenvalue weighted by molar-refractivity contribution is 5.92. The Morgan fingerprint density at radius 1 is 1.24 bits per heavy atom. The average molecular weight is 400 g/mol. The van der Waals surface area contributed by atoms with Crippen LogP contribution < -0.4 is 14.8 Å². The molecule has 2 aliphatic rings. The molecule has 29 heavy (non-hydrogen) atoms. The zero-order chi connectivity index (χ0) is 20.6. The van der Waals surface area contributed by atoms with Gasteiger partial charge in [0.25, 0.3) is 0 Å². The van der Waals surface area contributed by atoms with Crippen LogP contribution in [-0.2, 0) is 17.4 Å². The second kappa shape index (κ2) is 7.68. The second-order valence-electron chi connectivity index (χ2n) is 7.98. The molecule has 2 bridgehead atoms. The fourth-order valence-corrected chi connectivity index (χ4v) is 4.85. The minimum atomic E-state index is -0.930. The van der Waals surface area contributed by atoms with Gasteiger partial charge in [0.2, 0.25) is 5.91 Å². The number of amides is 1. The number of fused-ring (bicyclic) bond motifs is 2. The summed E-state index contributed by atoms with van der Waals surface area (Å²) in [5.41, 5.74) is -0.262. The van der Waals surface area contributed by atoms with Crippen molar-refractivity contribution < 1.29 is 19.4 Å². The minimum absolute atomic E-state index is 0.0726. The van der Waals surface area contributed by atoms with E-state index in [4.69, 9.17) is 9.47 Å². The standard InChI is InChI=1S/C21H28N4O4/c1-24-9-8-22-20(24)21(27)11-15-5-6-16(12-21)25(15)13-19(26)23-14-4-7-17(28-2)18(10-14)29-3/h4,7-10,15-16,27H,5-6,11-13H2,1-3H3,(H,23,26)/t15-,16+,21?. The van der Waals surface area contributed by atoms with E-state index < -0.39 is 5.60 Å². The molecule has 1 aromatic carbocycles. The van der Waals surface area contributed by atoms with Gasteiger partial charge >= 0.3 is 0 Å². The van der Waals surface area contributed by atoms with E-state index in [1.165, 1.54) is 0 Å². The fraction of sp³-hybridized carbons (Fsp3) is 0.524. The van der Waals surface area contributed by atoms with Crippen LogP contribution in [0.5, 0.6) is 11.5 Å². The highest BCUT2D eigenvalue weighted by Crippen LogP contribution is 2.45. The van der Waals surface area contributed by atoms with Gasteiger partial charge in [-0.05, 0) is 37.8 Å². The lowest BCUT2D eigenvalue weighted by Gasteiger charge is -2.43. The molecule has 3 heterocycles. The smallest absolute Gasteiger partial charge is 0.238 e. The van der Waals surface area contributed by atoms with E-state index >= 15 is 0 Å². The predicted molar refractivity (Wildman–Crippen MR) is 108 cm³/mol. The largest absolute Gasteiger partial charge is 0.493 e. The minimum Gasteiger partial charge on any atom is -0.493 e. The number of methoxy groups -OCH3 is 2. The molecule has 0 saturated carbocycles. The van der Waals surface area contributed by atoms with Crippen LogP contribution in [0.4, 0.5) is 5.69 Å². The lowest BCUT2D eigenvalue weighted by Crippen LogP contribution is -2.52.